The molecule has 33 heavy (non-hydrogen) atoms. The van der Waals surface area contributed by atoms with Crippen LogP contribution in [0.1, 0.15) is 73.5 Å². The number of hydrogen-bond donors (Lipinski definition) is 1. The number of primary amides is 1. The number of anilines is 1. The van der Waals surface area contributed by atoms with E-state index in [0.717, 1.165) is 42.0 Å². The molecular formula is C27H35N3O2S. The SMILES string of the molecule is CC1CCCC(C)N1CCCCCN1C(=O)C(c2cccc(C(N)=O)c2)Sc2ccccc21. The molecule has 2 aromatic carbocycles. The quantitative estimate of drug-likeness (QED) is 0.530. The van der Waals surface area contributed by atoms with Crippen molar-refractivity contribution in [3.8, 4) is 0 Å². The summed E-state index contributed by atoms with van der Waals surface area (Å²) in [7, 11) is 0. The van der Waals surface area contributed by atoms with Crippen LogP contribution >= 0.6 is 11.8 Å². The van der Waals surface area contributed by atoms with Crippen LogP contribution in [0.3, 0.4) is 0 Å². The van der Waals surface area contributed by atoms with Gasteiger partial charge in [0.25, 0.3) is 0 Å². The average Bonchev–Trinajstić information content (AvgIpc) is 2.81. The Morgan fingerprint density at radius 1 is 1.00 bits per heavy atom. The Morgan fingerprint density at radius 3 is 2.48 bits per heavy atom. The van der Waals surface area contributed by atoms with E-state index in [9.17, 15) is 9.59 Å². The van der Waals surface area contributed by atoms with Crippen molar-refractivity contribution >= 4 is 29.3 Å². The molecule has 3 unspecified atom stereocenters. The maximum absolute atomic E-state index is 13.5. The van der Waals surface area contributed by atoms with Crippen LogP contribution in [-0.4, -0.2) is 41.9 Å². The van der Waals surface area contributed by atoms with Crippen LogP contribution in [0.15, 0.2) is 53.4 Å². The average molecular weight is 466 g/mol. The van der Waals surface area contributed by atoms with Gasteiger partial charge in [0.1, 0.15) is 5.25 Å². The Kier molecular flexibility index (Phi) is 7.76. The molecule has 2 N–H and O–H groups in total. The van der Waals surface area contributed by atoms with Crippen molar-refractivity contribution < 1.29 is 9.59 Å². The number of nitrogens with two attached hydrogens (primary N) is 1. The fraction of sp³-hybridized carbons (Fsp3) is 0.481. The summed E-state index contributed by atoms with van der Waals surface area (Å²) in [5.74, 6) is -0.390. The third kappa shape index (κ3) is 5.44. The van der Waals surface area contributed by atoms with E-state index in [0.29, 0.717) is 24.2 Å². The molecule has 0 spiro atoms. The van der Waals surface area contributed by atoms with E-state index in [1.807, 2.05) is 29.2 Å². The number of rotatable bonds is 8. The maximum Gasteiger partial charge on any atom is 0.248 e. The smallest absolute Gasteiger partial charge is 0.248 e. The summed E-state index contributed by atoms with van der Waals surface area (Å²) in [6.07, 6.45) is 7.21. The van der Waals surface area contributed by atoms with Gasteiger partial charge in [0, 0.05) is 29.1 Å². The molecular weight excluding hydrogens is 430 g/mol. The minimum absolute atomic E-state index is 0.0820. The molecule has 6 heteroatoms. The third-order valence-corrected chi connectivity index (χ3v) is 8.35. The molecule has 2 amide bonds. The molecule has 3 atom stereocenters. The highest BCUT2D eigenvalue weighted by atomic mass is 32.2. The van der Waals surface area contributed by atoms with Crippen molar-refractivity contribution in [3.05, 3.63) is 59.7 Å². The number of carbonyl (C=O) groups is 2. The largest absolute Gasteiger partial charge is 0.366 e. The number of benzene rings is 2. The second-order valence-electron chi connectivity index (χ2n) is 9.37. The maximum atomic E-state index is 13.5. The first-order valence-corrected chi connectivity index (χ1v) is 13.1. The summed E-state index contributed by atoms with van der Waals surface area (Å²) in [5.41, 5.74) is 7.73. The lowest BCUT2D eigenvalue weighted by molar-refractivity contribution is -0.118. The Bertz CT molecular complexity index is 985. The van der Waals surface area contributed by atoms with Crippen LogP contribution in [0, 0.1) is 0 Å². The van der Waals surface area contributed by atoms with Crippen molar-refractivity contribution in [1.82, 2.24) is 4.90 Å². The number of unbranched alkanes of at least 4 members (excludes halogenated alkanes) is 2. The molecule has 0 aliphatic carbocycles. The van der Waals surface area contributed by atoms with Crippen LogP contribution in [0.2, 0.25) is 0 Å². The molecule has 1 saturated heterocycles. The number of hydrogen-bond acceptors (Lipinski definition) is 4. The molecule has 2 aliphatic heterocycles. The van der Waals surface area contributed by atoms with E-state index >= 15 is 0 Å². The van der Waals surface area contributed by atoms with Gasteiger partial charge in [0.15, 0.2) is 0 Å². The highest BCUT2D eigenvalue weighted by Gasteiger charge is 2.34. The minimum Gasteiger partial charge on any atom is -0.366 e. The third-order valence-electron chi connectivity index (χ3n) is 7.04. The van der Waals surface area contributed by atoms with Gasteiger partial charge < -0.3 is 10.6 Å². The van der Waals surface area contributed by atoms with E-state index in [1.165, 1.54) is 19.3 Å². The highest BCUT2D eigenvalue weighted by molar-refractivity contribution is 8.00. The standard InChI is InChI=1S/C27H35N3O2S/c1-19-10-8-11-20(2)29(19)16-6-3-7-17-30-23-14-4-5-15-24(23)33-25(27(30)32)21-12-9-13-22(18-21)26(28)31/h4-5,9,12-15,18-20,25H,3,6-8,10-11,16-17H2,1-2H3,(H2,28,31). The number of nitrogens with zero attached hydrogens (tertiary/aromatic N) is 2. The molecule has 2 heterocycles. The lowest BCUT2D eigenvalue weighted by Crippen LogP contribution is -2.44. The van der Waals surface area contributed by atoms with Crippen molar-refractivity contribution in [2.75, 3.05) is 18.0 Å². The lowest BCUT2D eigenvalue weighted by atomic mass is 9.97. The second kappa shape index (κ2) is 10.7. The molecule has 1 fully saturated rings. The number of fused-ring (bicyclic) bond motifs is 1. The Morgan fingerprint density at radius 2 is 1.73 bits per heavy atom. The summed E-state index contributed by atoms with van der Waals surface area (Å²) in [6.45, 7) is 6.56. The fourth-order valence-electron chi connectivity index (χ4n) is 5.17. The van der Waals surface area contributed by atoms with Gasteiger partial charge in [-0.05, 0) is 75.9 Å². The molecule has 176 valence electrons. The minimum atomic E-state index is -0.472. The first kappa shape index (κ1) is 23.8. The normalized spacial score (nSPS) is 23.4. The zero-order valence-corrected chi connectivity index (χ0v) is 20.5. The fourth-order valence-corrected chi connectivity index (χ4v) is 6.39. The van der Waals surface area contributed by atoms with E-state index < -0.39 is 5.91 Å². The van der Waals surface area contributed by atoms with Gasteiger partial charge in [-0.1, -0.05) is 37.1 Å². The first-order valence-electron chi connectivity index (χ1n) is 12.2. The van der Waals surface area contributed by atoms with Crippen LogP contribution in [0.4, 0.5) is 5.69 Å². The number of carbonyl (C=O) groups excluding carboxylic acids is 2. The summed E-state index contributed by atoms with van der Waals surface area (Å²) >= 11 is 1.56. The van der Waals surface area contributed by atoms with Crippen molar-refractivity contribution in [2.24, 2.45) is 5.73 Å². The van der Waals surface area contributed by atoms with Crippen LogP contribution < -0.4 is 10.6 Å². The molecule has 0 saturated carbocycles. The van der Waals surface area contributed by atoms with E-state index in [2.05, 4.69) is 24.8 Å². The van der Waals surface area contributed by atoms with Crippen molar-refractivity contribution in [3.63, 3.8) is 0 Å². The van der Waals surface area contributed by atoms with E-state index in [1.54, 1.807) is 30.0 Å². The molecule has 4 rings (SSSR count). The lowest BCUT2D eigenvalue weighted by Gasteiger charge is -2.39. The van der Waals surface area contributed by atoms with Gasteiger partial charge in [0.2, 0.25) is 11.8 Å². The number of amides is 2. The Hall–Kier alpha value is -2.31. The van der Waals surface area contributed by atoms with Crippen molar-refractivity contribution in [1.29, 1.82) is 0 Å². The van der Waals surface area contributed by atoms with Crippen LogP contribution in [0.5, 0.6) is 0 Å². The molecule has 2 aromatic rings. The molecule has 0 aromatic heterocycles. The zero-order valence-electron chi connectivity index (χ0n) is 19.7. The second-order valence-corrected chi connectivity index (χ2v) is 10.5. The Balaban J connectivity index is 1.42. The molecule has 2 aliphatic rings. The molecule has 0 radical (unpaired) electrons. The number of likely N-dealkylation sites (tertiary alicyclic amines) is 1. The highest BCUT2D eigenvalue weighted by Crippen LogP contribution is 2.46. The monoisotopic (exact) mass is 465 g/mol. The number of piperidine rings is 1. The Labute approximate surface area is 201 Å². The van der Waals surface area contributed by atoms with E-state index in [-0.39, 0.29) is 11.2 Å². The van der Waals surface area contributed by atoms with E-state index in [4.69, 9.17) is 5.73 Å². The van der Waals surface area contributed by atoms with Gasteiger partial charge in [-0.15, -0.1) is 11.8 Å². The first-order chi connectivity index (χ1) is 16.0. The van der Waals surface area contributed by atoms with Gasteiger partial charge in [-0.25, -0.2) is 0 Å². The number of thioether (sulfide) groups is 1. The summed E-state index contributed by atoms with van der Waals surface area (Å²) in [4.78, 5) is 30.9. The predicted octanol–water partition coefficient (Wildman–Crippen LogP) is 5.40. The van der Waals surface area contributed by atoms with Gasteiger partial charge in [0.05, 0.1) is 5.69 Å². The van der Waals surface area contributed by atoms with Gasteiger partial charge >= 0.3 is 0 Å². The zero-order chi connectivity index (χ0) is 23.4. The van der Waals surface area contributed by atoms with Crippen LogP contribution in [-0.2, 0) is 4.79 Å². The predicted molar refractivity (Wildman–Crippen MR) is 136 cm³/mol. The van der Waals surface area contributed by atoms with Crippen molar-refractivity contribution in [2.45, 2.75) is 74.6 Å². The van der Waals surface area contributed by atoms with Gasteiger partial charge in [-0.3, -0.25) is 14.5 Å². The summed E-state index contributed by atoms with van der Waals surface area (Å²) in [6, 6.07) is 16.6. The summed E-state index contributed by atoms with van der Waals surface area (Å²) in [5, 5.41) is -0.366. The van der Waals surface area contributed by atoms with Crippen LogP contribution in [0.25, 0.3) is 0 Å². The molecule has 0 bridgehead atoms. The molecule has 5 nitrogen and oxygen atoms in total. The van der Waals surface area contributed by atoms with Gasteiger partial charge in [-0.2, -0.15) is 0 Å². The topological polar surface area (TPSA) is 66.6 Å². The summed E-state index contributed by atoms with van der Waals surface area (Å²) < 4.78 is 0. The number of para-hydroxylation sites is 1.